The Kier molecular flexibility index (Phi) is 3.62. The Balaban J connectivity index is 2.30. The third-order valence-electron chi connectivity index (χ3n) is 2.32. The largest absolute Gasteiger partial charge is 0.397 e. The molecule has 0 aliphatic heterocycles. The van der Waals surface area contributed by atoms with Crippen molar-refractivity contribution < 1.29 is 13.6 Å². The average molecular weight is 284 g/mol. The number of carbonyl (C=O) groups is 1. The van der Waals surface area contributed by atoms with Crippen molar-refractivity contribution in [2.24, 2.45) is 0 Å². The summed E-state index contributed by atoms with van der Waals surface area (Å²) < 4.78 is 26.3. The van der Waals surface area contributed by atoms with E-state index in [2.05, 4.69) is 10.3 Å². The van der Waals surface area contributed by atoms with Gasteiger partial charge in [0.2, 0.25) is 0 Å². The third-order valence-corrected chi connectivity index (χ3v) is 2.53. The summed E-state index contributed by atoms with van der Waals surface area (Å²) >= 11 is 5.64. The van der Waals surface area contributed by atoms with Gasteiger partial charge in [-0.15, -0.1) is 0 Å². The second-order valence-corrected chi connectivity index (χ2v) is 4.06. The summed E-state index contributed by atoms with van der Waals surface area (Å²) in [5.74, 6) is -2.13. The van der Waals surface area contributed by atoms with E-state index in [-0.39, 0.29) is 22.1 Å². The number of carbonyl (C=O) groups excluding carboxylic acids is 1. The van der Waals surface area contributed by atoms with Crippen LogP contribution in [0.3, 0.4) is 0 Å². The zero-order valence-electron chi connectivity index (χ0n) is 9.45. The maximum atomic E-state index is 13.4. The van der Waals surface area contributed by atoms with Gasteiger partial charge in [0.05, 0.1) is 23.1 Å². The number of hydrogen-bond acceptors (Lipinski definition) is 3. The van der Waals surface area contributed by atoms with Crippen molar-refractivity contribution in [1.82, 2.24) is 4.98 Å². The number of amides is 1. The molecular formula is C12H8ClF2N3O. The van der Waals surface area contributed by atoms with Crippen molar-refractivity contribution in [1.29, 1.82) is 0 Å². The van der Waals surface area contributed by atoms with E-state index in [0.717, 1.165) is 18.2 Å². The van der Waals surface area contributed by atoms with E-state index in [1.54, 1.807) is 0 Å². The average Bonchev–Trinajstić information content (AvgIpc) is 2.36. The highest BCUT2D eigenvalue weighted by Crippen LogP contribution is 2.19. The van der Waals surface area contributed by atoms with Gasteiger partial charge in [0.1, 0.15) is 16.8 Å². The first-order valence-corrected chi connectivity index (χ1v) is 5.52. The van der Waals surface area contributed by atoms with Crippen molar-refractivity contribution >= 4 is 28.9 Å². The molecule has 0 unspecified atom stereocenters. The number of anilines is 2. The summed E-state index contributed by atoms with van der Waals surface area (Å²) in [6.07, 6.45) is 1.21. The Morgan fingerprint density at radius 2 is 2.05 bits per heavy atom. The molecule has 0 atom stereocenters. The molecule has 0 aliphatic carbocycles. The molecule has 7 heteroatoms. The topological polar surface area (TPSA) is 68.0 Å². The number of benzene rings is 1. The van der Waals surface area contributed by atoms with Gasteiger partial charge in [-0.25, -0.2) is 13.8 Å². The summed E-state index contributed by atoms with van der Waals surface area (Å²) in [4.78, 5) is 15.6. The highest BCUT2D eigenvalue weighted by molar-refractivity contribution is 6.30. The molecule has 19 heavy (non-hydrogen) atoms. The monoisotopic (exact) mass is 283 g/mol. The van der Waals surface area contributed by atoms with E-state index >= 15 is 0 Å². The number of pyridine rings is 1. The SMILES string of the molecule is Nc1cnc(Cl)cc1C(=O)Nc1cc(F)ccc1F. The Hall–Kier alpha value is -2.21. The number of nitrogens with two attached hydrogens (primary N) is 1. The smallest absolute Gasteiger partial charge is 0.258 e. The summed E-state index contributed by atoms with van der Waals surface area (Å²) in [6.45, 7) is 0. The summed E-state index contributed by atoms with van der Waals surface area (Å²) in [7, 11) is 0. The first-order valence-electron chi connectivity index (χ1n) is 5.15. The second-order valence-electron chi connectivity index (χ2n) is 3.67. The Bertz CT molecular complexity index is 649. The highest BCUT2D eigenvalue weighted by atomic mass is 35.5. The Labute approximate surface area is 112 Å². The number of hydrogen-bond donors (Lipinski definition) is 2. The summed E-state index contributed by atoms with van der Waals surface area (Å²) in [5, 5.41) is 2.28. The van der Waals surface area contributed by atoms with Crippen LogP contribution < -0.4 is 11.1 Å². The molecule has 0 radical (unpaired) electrons. The summed E-state index contributed by atoms with van der Waals surface area (Å²) in [5.41, 5.74) is 5.40. The van der Waals surface area contributed by atoms with Crippen molar-refractivity contribution in [3.05, 3.63) is 52.8 Å². The molecule has 0 fully saturated rings. The molecule has 2 aromatic rings. The van der Waals surface area contributed by atoms with Crippen LogP contribution in [-0.2, 0) is 0 Å². The van der Waals surface area contributed by atoms with Gasteiger partial charge < -0.3 is 11.1 Å². The van der Waals surface area contributed by atoms with Gasteiger partial charge in [0.25, 0.3) is 5.91 Å². The van der Waals surface area contributed by atoms with E-state index in [1.807, 2.05) is 0 Å². The quantitative estimate of drug-likeness (QED) is 0.833. The van der Waals surface area contributed by atoms with Gasteiger partial charge >= 0.3 is 0 Å². The van der Waals surface area contributed by atoms with Crippen LogP contribution in [-0.4, -0.2) is 10.9 Å². The molecular weight excluding hydrogens is 276 g/mol. The van der Waals surface area contributed by atoms with E-state index in [0.29, 0.717) is 0 Å². The van der Waals surface area contributed by atoms with Crippen LogP contribution in [0.5, 0.6) is 0 Å². The van der Waals surface area contributed by atoms with E-state index in [4.69, 9.17) is 17.3 Å². The van der Waals surface area contributed by atoms with Gasteiger partial charge in [-0.1, -0.05) is 11.6 Å². The minimum atomic E-state index is -0.756. The van der Waals surface area contributed by atoms with Crippen LogP contribution in [0.1, 0.15) is 10.4 Å². The minimum absolute atomic E-state index is 0.0312. The van der Waals surface area contributed by atoms with Gasteiger partial charge in [0, 0.05) is 6.07 Å². The van der Waals surface area contributed by atoms with E-state index in [9.17, 15) is 13.6 Å². The number of nitrogens with zero attached hydrogens (tertiary/aromatic N) is 1. The Morgan fingerprint density at radius 3 is 2.79 bits per heavy atom. The maximum Gasteiger partial charge on any atom is 0.258 e. The van der Waals surface area contributed by atoms with Crippen molar-refractivity contribution in [2.45, 2.75) is 0 Å². The molecule has 0 spiro atoms. The predicted octanol–water partition coefficient (Wildman–Crippen LogP) is 2.85. The number of halogens is 3. The Morgan fingerprint density at radius 1 is 1.32 bits per heavy atom. The number of nitrogens with one attached hydrogen (secondary N) is 1. The van der Waals surface area contributed by atoms with Crippen LogP contribution in [0.4, 0.5) is 20.2 Å². The molecule has 0 saturated heterocycles. The van der Waals surface area contributed by atoms with Crippen LogP contribution in [0.15, 0.2) is 30.5 Å². The fourth-order valence-corrected chi connectivity index (χ4v) is 1.58. The molecule has 4 nitrogen and oxygen atoms in total. The number of rotatable bonds is 2. The van der Waals surface area contributed by atoms with Crippen LogP contribution in [0, 0.1) is 11.6 Å². The maximum absolute atomic E-state index is 13.4. The zero-order valence-corrected chi connectivity index (χ0v) is 10.2. The molecule has 0 saturated carbocycles. The first kappa shape index (κ1) is 13.2. The normalized spacial score (nSPS) is 10.3. The van der Waals surface area contributed by atoms with E-state index in [1.165, 1.54) is 12.3 Å². The standard InChI is InChI=1S/C12H8ClF2N3O/c13-11-4-7(9(16)5-17-11)12(19)18-10-3-6(14)1-2-8(10)15/h1-5H,16H2,(H,18,19). The van der Waals surface area contributed by atoms with Crippen LogP contribution >= 0.6 is 11.6 Å². The third kappa shape index (κ3) is 2.97. The molecule has 1 aromatic carbocycles. The predicted molar refractivity (Wildman–Crippen MR) is 68.0 cm³/mol. The fourth-order valence-electron chi connectivity index (χ4n) is 1.42. The van der Waals surface area contributed by atoms with Crippen molar-refractivity contribution in [2.75, 3.05) is 11.1 Å². The van der Waals surface area contributed by atoms with Gasteiger partial charge in [-0.05, 0) is 18.2 Å². The van der Waals surface area contributed by atoms with Crippen molar-refractivity contribution in [3.63, 3.8) is 0 Å². The summed E-state index contributed by atoms with van der Waals surface area (Å²) in [6, 6.07) is 3.96. The molecule has 2 rings (SSSR count). The molecule has 1 amide bonds. The number of nitrogen functional groups attached to an aromatic ring is 1. The van der Waals surface area contributed by atoms with Crippen molar-refractivity contribution in [3.8, 4) is 0 Å². The molecule has 98 valence electrons. The van der Waals surface area contributed by atoms with Crippen LogP contribution in [0.2, 0.25) is 5.15 Å². The second kappa shape index (κ2) is 5.19. The van der Waals surface area contributed by atoms with Gasteiger partial charge in [0.15, 0.2) is 0 Å². The molecule has 1 aromatic heterocycles. The minimum Gasteiger partial charge on any atom is -0.397 e. The van der Waals surface area contributed by atoms with E-state index < -0.39 is 17.5 Å². The number of aromatic nitrogens is 1. The van der Waals surface area contributed by atoms with Gasteiger partial charge in [-0.3, -0.25) is 4.79 Å². The lowest BCUT2D eigenvalue weighted by molar-refractivity contribution is 0.102. The molecule has 3 N–H and O–H groups in total. The first-order chi connectivity index (χ1) is 8.97. The molecule has 0 bridgehead atoms. The van der Waals surface area contributed by atoms with Gasteiger partial charge in [-0.2, -0.15) is 0 Å². The lowest BCUT2D eigenvalue weighted by atomic mass is 10.2. The fraction of sp³-hybridized carbons (Fsp3) is 0. The lowest BCUT2D eigenvalue weighted by Crippen LogP contribution is -2.15. The lowest BCUT2D eigenvalue weighted by Gasteiger charge is -2.08. The highest BCUT2D eigenvalue weighted by Gasteiger charge is 2.13. The molecule has 1 heterocycles. The molecule has 0 aliphatic rings. The van der Waals surface area contributed by atoms with Crippen LogP contribution in [0.25, 0.3) is 0 Å². The zero-order chi connectivity index (χ0) is 14.0.